The van der Waals surface area contributed by atoms with Gasteiger partial charge < -0.3 is 10.5 Å². The normalized spacial score (nSPS) is 12.2. The van der Waals surface area contributed by atoms with Crippen LogP contribution in [0.2, 0.25) is 0 Å². The smallest absolute Gasteiger partial charge is 0.158 e. The molecule has 20 heavy (non-hydrogen) atoms. The summed E-state index contributed by atoms with van der Waals surface area (Å²) in [6.07, 6.45) is 0.401. The van der Waals surface area contributed by atoms with Crippen LogP contribution in [-0.4, -0.2) is 31.4 Å². The molecule has 0 aromatic heterocycles. The molecule has 0 saturated carbocycles. The molecule has 1 rings (SSSR count). The van der Waals surface area contributed by atoms with Gasteiger partial charge in [-0.15, -0.1) is 0 Å². The summed E-state index contributed by atoms with van der Waals surface area (Å²) in [5.74, 6) is 0.711. The van der Waals surface area contributed by atoms with Crippen LogP contribution in [0, 0.1) is 5.41 Å². The third-order valence-electron chi connectivity index (χ3n) is 2.87. The van der Waals surface area contributed by atoms with E-state index in [0.717, 1.165) is 5.56 Å². The summed E-state index contributed by atoms with van der Waals surface area (Å²) in [4.78, 5) is 0. The molecule has 6 heteroatoms. The van der Waals surface area contributed by atoms with Crippen molar-refractivity contribution in [2.75, 3.05) is 12.4 Å². The van der Waals surface area contributed by atoms with Crippen molar-refractivity contribution in [3.63, 3.8) is 0 Å². The lowest BCUT2D eigenvalue weighted by Gasteiger charge is -2.19. The lowest BCUT2D eigenvalue weighted by molar-refractivity contribution is 0.339. The number of rotatable bonds is 6. The van der Waals surface area contributed by atoms with E-state index in [2.05, 4.69) is 0 Å². The number of benzene rings is 1. The van der Waals surface area contributed by atoms with E-state index in [1.807, 2.05) is 12.1 Å². The zero-order valence-corrected chi connectivity index (χ0v) is 13.0. The second-order valence-corrected chi connectivity index (χ2v) is 8.49. The van der Waals surface area contributed by atoms with E-state index in [1.54, 1.807) is 32.9 Å². The standard InChI is InChI=1S/C14H22N2O3S/c1-14(2,3)20(17,18)9-8-19-12-6-4-11(5-7-12)10-13(15)16/h4-7H,8-10H2,1-3H3,(H3,15,16). The monoisotopic (exact) mass is 298 g/mol. The molecule has 0 aliphatic carbocycles. The molecule has 0 aliphatic heterocycles. The fourth-order valence-corrected chi connectivity index (χ4v) is 2.41. The molecule has 0 unspecified atom stereocenters. The number of hydrogen-bond donors (Lipinski definition) is 2. The highest BCUT2D eigenvalue weighted by atomic mass is 32.2. The van der Waals surface area contributed by atoms with Gasteiger partial charge in [0.2, 0.25) is 0 Å². The Kier molecular flexibility index (Phi) is 5.16. The van der Waals surface area contributed by atoms with Crippen LogP contribution in [0.5, 0.6) is 5.75 Å². The minimum Gasteiger partial charge on any atom is -0.493 e. The Morgan fingerprint density at radius 2 is 1.80 bits per heavy atom. The van der Waals surface area contributed by atoms with Gasteiger partial charge in [-0.05, 0) is 38.5 Å². The molecule has 1 aromatic rings. The molecule has 0 bridgehead atoms. The topological polar surface area (TPSA) is 93.2 Å². The number of nitrogens with two attached hydrogens (primary N) is 1. The molecule has 0 atom stereocenters. The molecule has 0 radical (unpaired) electrons. The zero-order valence-electron chi connectivity index (χ0n) is 12.1. The van der Waals surface area contributed by atoms with Crippen LogP contribution in [0.4, 0.5) is 0 Å². The van der Waals surface area contributed by atoms with Crippen molar-refractivity contribution in [1.29, 1.82) is 5.41 Å². The van der Waals surface area contributed by atoms with Gasteiger partial charge in [-0.3, -0.25) is 5.41 Å². The van der Waals surface area contributed by atoms with Gasteiger partial charge >= 0.3 is 0 Å². The second-order valence-electron chi connectivity index (χ2n) is 5.63. The van der Waals surface area contributed by atoms with E-state index >= 15 is 0 Å². The molecule has 1 aromatic carbocycles. The Balaban J connectivity index is 2.53. The van der Waals surface area contributed by atoms with E-state index in [-0.39, 0.29) is 18.2 Å². The fourth-order valence-electron chi connectivity index (χ4n) is 1.50. The first-order valence-corrected chi connectivity index (χ1v) is 8.04. The van der Waals surface area contributed by atoms with Crippen molar-refractivity contribution in [2.45, 2.75) is 31.9 Å². The second kappa shape index (κ2) is 6.26. The minimum absolute atomic E-state index is 0.00824. The lowest BCUT2D eigenvalue weighted by Crippen LogP contribution is -2.32. The minimum atomic E-state index is -3.16. The van der Waals surface area contributed by atoms with Crippen molar-refractivity contribution in [1.82, 2.24) is 0 Å². The van der Waals surface area contributed by atoms with Gasteiger partial charge in [0.05, 0.1) is 16.3 Å². The van der Waals surface area contributed by atoms with Crippen LogP contribution < -0.4 is 10.5 Å². The van der Waals surface area contributed by atoms with Crippen molar-refractivity contribution in [3.05, 3.63) is 29.8 Å². The molecule has 0 saturated heterocycles. The van der Waals surface area contributed by atoms with Crippen LogP contribution >= 0.6 is 0 Å². The maximum absolute atomic E-state index is 11.9. The van der Waals surface area contributed by atoms with Crippen molar-refractivity contribution in [3.8, 4) is 5.75 Å². The average molecular weight is 298 g/mol. The van der Waals surface area contributed by atoms with Crippen molar-refractivity contribution in [2.24, 2.45) is 5.73 Å². The average Bonchev–Trinajstić information content (AvgIpc) is 2.29. The molecule has 0 fully saturated rings. The number of amidine groups is 1. The summed E-state index contributed by atoms with van der Waals surface area (Å²) in [6.45, 7) is 5.17. The maximum atomic E-state index is 11.9. The largest absolute Gasteiger partial charge is 0.493 e. The number of ether oxygens (including phenoxy) is 1. The SMILES string of the molecule is CC(C)(C)S(=O)(=O)CCOc1ccc(CC(=N)N)cc1. The summed E-state index contributed by atoms with van der Waals surface area (Å²) >= 11 is 0. The van der Waals surface area contributed by atoms with Gasteiger partial charge in [0.25, 0.3) is 0 Å². The van der Waals surface area contributed by atoms with E-state index in [9.17, 15) is 8.42 Å². The third kappa shape index (κ3) is 4.85. The van der Waals surface area contributed by atoms with Crippen LogP contribution in [0.25, 0.3) is 0 Å². The first kappa shape index (κ1) is 16.5. The summed E-state index contributed by atoms with van der Waals surface area (Å²) in [5, 5.41) is 7.20. The van der Waals surface area contributed by atoms with Gasteiger partial charge in [-0.2, -0.15) is 0 Å². The van der Waals surface area contributed by atoms with Crippen molar-refractivity contribution < 1.29 is 13.2 Å². The summed E-state index contributed by atoms with van der Waals surface area (Å²) in [7, 11) is -3.16. The van der Waals surface area contributed by atoms with E-state index in [0.29, 0.717) is 12.2 Å². The Labute approximate surface area is 120 Å². The van der Waals surface area contributed by atoms with E-state index in [4.69, 9.17) is 15.9 Å². The van der Waals surface area contributed by atoms with Crippen molar-refractivity contribution >= 4 is 15.7 Å². The fraction of sp³-hybridized carbons (Fsp3) is 0.500. The summed E-state index contributed by atoms with van der Waals surface area (Å²) < 4.78 is 28.5. The Hall–Kier alpha value is -1.56. The molecule has 0 aliphatic rings. The molecule has 0 heterocycles. The quantitative estimate of drug-likeness (QED) is 0.618. The third-order valence-corrected chi connectivity index (χ3v) is 5.44. The lowest BCUT2D eigenvalue weighted by atomic mass is 10.1. The Morgan fingerprint density at radius 1 is 1.25 bits per heavy atom. The number of hydrogen-bond acceptors (Lipinski definition) is 4. The molecular formula is C14H22N2O3S. The maximum Gasteiger partial charge on any atom is 0.158 e. The highest BCUT2D eigenvalue weighted by Gasteiger charge is 2.28. The predicted octanol–water partition coefficient (Wildman–Crippen LogP) is 1.76. The zero-order chi connectivity index (χ0) is 15.4. The predicted molar refractivity (Wildman–Crippen MR) is 81.1 cm³/mol. The van der Waals surface area contributed by atoms with Gasteiger partial charge in [0, 0.05) is 6.42 Å². The molecule has 112 valence electrons. The van der Waals surface area contributed by atoms with Gasteiger partial charge in [0.1, 0.15) is 12.4 Å². The highest BCUT2D eigenvalue weighted by Crippen LogP contribution is 2.17. The first-order chi connectivity index (χ1) is 9.12. The number of nitrogens with one attached hydrogen (secondary N) is 1. The van der Waals surface area contributed by atoms with Crippen LogP contribution in [0.1, 0.15) is 26.3 Å². The molecule has 3 N–H and O–H groups in total. The van der Waals surface area contributed by atoms with E-state index < -0.39 is 14.6 Å². The van der Waals surface area contributed by atoms with Crippen LogP contribution in [-0.2, 0) is 16.3 Å². The Bertz CT molecular complexity index is 557. The number of sulfone groups is 1. The van der Waals surface area contributed by atoms with E-state index in [1.165, 1.54) is 0 Å². The first-order valence-electron chi connectivity index (χ1n) is 6.39. The van der Waals surface area contributed by atoms with Gasteiger partial charge in [0.15, 0.2) is 9.84 Å². The molecule has 5 nitrogen and oxygen atoms in total. The van der Waals surface area contributed by atoms with Crippen LogP contribution in [0.3, 0.4) is 0 Å². The highest BCUT2D eigenvalue weighted by molar-refractivity contribution is 7.92. The molecule has 0 spiro atoms. The summed E-state index contributed by atoms with van der Waals surface area (Å²) in [6, 6.07) is 7.13. The van der Waals surface area contributed by atoms with Gasteiger partial charge in [-0.25, -0.2) is 8.42 Å². The summed E-state index contributed by atoms with van der Waals surface area (Å²) in [5.41, 5.74) is 6.24. The molecular weight excluding hydrogens is 276 g/mol. The Morgan fingerprint density at radius 3 is 2.25 bits per heavy atom. The van der Waals surface area contributed by atoms with Crippen LogP contribution in [0.15, 0.2) is 24.3 Å². The van der Waals surface area contributed by atoms with Gasteiger partial charge in [-0.1, -0.05) is 12.1 Å². The molecule has 0 amide bonds.